The van der Waals surface area contributed by atoms with Gasteiger partial charge in [-0.05, 0) is 38.1 Å². The van der Waals surface area contributed by atoms with Crippen molar-refractivity contribution in [3.63, 3.8) is 0 Å². The maximum absolute atomic E-state index is 13.3. The van der Waals surface area contributed by atoms with E-state index in [4.69, 9.17) is 14.0 Å². The average Bonchev–Trinajstić information content (AvgIpc) is 3.40. The summed E-state index contributed by atoms with van der Waals surface area (Å²) in [6, 6.07) is 9.61. The summed E-state index contributed by atoms with van der Waals surface area (Å²) in [7, 11) is 3.09. The van der Waals surface area contributed by atoms with Crippen LogP contribution in [-0.4, -0.2) is 46.9 Å². The second-order valence-electron chi connectivity index (χ2n) is 8.38. The normalized spacial score (nSPS) is 12.0. The van der Waals surface area contributed by atoms with Crippen LogP contribution < -0.4 is 9.47 Å². The van der Waals surface area contributed by atoms with Gasteiger partial charge in [0, 0.05) is 24.5 Å². The van der Waals surface area contributed by atoms with E-state index in [9.17, 15) is 13.2 Å². The smallest absolute Gasteiger partial charge is 0.496 e. The molecule has 0 saturated heterocycles. The maximum atomic E-state index is 13.3. The van der Waals surface area contributed by atoms with Gasteiger partial charge in [0.1, 0.15) is 22.9 Å². The molecule has 0 atom stereocenters. The maximum Gasteiger partial charge on any atom is 0.573 e. The third-order valence-electron chi connectivity index (χ3n) is 6.04. The Kier molecular flexibility index (Phi) is 6.24. The number of aryl methyl sites for hydroxylation is 2. The van der Waals surface area contributed by atoms with Gasteiger partial charge in [-0.15, -0.1) is 13.2 Å². The molecule has 0 aliphatic carbocycles. The molecule has 3 heterocycles. The number of ether oxygens (including phenoxy) is 3. The number of para-hydroxylation sites is 2. The van der Waals surface area contributed by atoms with E-state index in [-0.39, 0.29) is 11.4 Å². The van der Waals surface area contributed by atoms with Crippen molar-refractivity contribution in [1.29, 1.82) is 0 Å². The molecule has 0 fully saturated rings. The van der Waals surface area contributed by atoms with Gasteiger partial charge in [0.2, 0.25) is 0 Å². The number of alkyl halides is 3. The van der Waals surface area contributed by atoms with Crippen molar-refractivity contribution < 1.29 is 31.9 Å². The quantitative estimate of drug-likeness (QED) is 0.267. The Morgan fingerprint density at radius 1 is 1.03 bits per heavy atom. The van der Waals surface area contributed by atoms with Crippen LogP contribution >= 0.6 is 0 Å². The second-order valence-corrected chi connectivity index (χ2v) is 8.38. The number of pyridine rings is 1. The second kappa shape index (κ2) is 9.40. The number of rotatable bonds is 7. The summed E-state index contributed by atoms with van der Waals surface area (Å²) in [6.45, 7) is 3.96. The van der Waals surface area contributed by atoms with Crippen molar-refractivity contribution in [3.05, 3.63) is 59.9 Å². The lowest BCUT2D eigenvalue weighted by molar-refractivity contribution is -0.274. The lowest BCUT2D eigenvalue weighted by Gasteiger charge is -2.17. The molecule has 0 bridgehead atoms. The fraction of sp³-hybridized carbons (Fsp3) is 0.269. The Labute approximate surface area is 209 Å². The fourth-order valence-electron chi connectivity index (χ4n) is 4.53. The van der Waals surface area contributed by atoms with Crippen molar-refractivity contribution in [2.24, 2.45) is 0 Å². The SMILES string of the molecule is COCCc1nc2cnc3cc(-c4c(C)noc4C)c(OC)cc3c2n1-c1ccccc1OC(F)(F)F. The predicted molar refractivity (Wildman–Crippen MR) is 130 cm³/mol. The molecule has 37 heavy (non-hydrogen) atoms. The highest BCUT2D eigenvalue weighted by Crippen LogP contribution is 2.40. The summed E-state index contributed by atoms with van der Waals surface area (Å²) >= 11 is 0. The van der Waals surface area contributed by atoms with Gasteiger partial charge in [-0.2, -0.15) is 0 Å². The lowest BCUT2D eigenvalue weighted by Crippen LogP contribution is -2.18. The number of nitrogens with zero attached hydrogens (tertiary/aromatic N) is 4. The Bertz CT molecular complexity index is 1590. The molecule has 5 aromatic rings. The third-order valence-corrected chi connectivity index (χ3v) is 6.04. The highest BCUT2D eigenvalue weighted by atomic mass is 19.4. The number of hydrogen-bond donors (Lipinski definition) is 0. The van der Waals surface area contributed by atoms with E-state index in [1.807, 2.05) is 19.9 Å². The van der Waals surface area contributed by atoms with E-state index in [0.717, 1.165) is 11.1 Å². The number of halogens is 3. The van der Waals surface area contributed by atoms with Crippen molar-refractivity contribution >= 4 is 21.9 Å². The minimum atomic E-state index is -4.87. The molecule has 0 aliphatic rings. The van der Waals surface area contributed by atoms with Gasteiger partial charge >= 0.3 is 6.36 Å². The van der Waals surface area contributed by atoms with Crippen LogP contribution in [0.3, 0.4) is 0 Å². The van der Waals surface area contributed by atoms with Crippen molar-refractivity contribution in [1.82, 2.24) is 19.7 Å². The van der Waals surface area contributed by atoms with Crippen molar-refractivity contribution in [2.75, 3.05) is 20.8 Å². The first-order valence-corrected chi connectivity index (χ1v) is 11.4. The number of methoxy groups -OCH3 is 2. The average molecular weight is 512 g/mol. The molecule has 0 N–H and O–H groups in total. The monoisotopic (exact) mass is 512 g/mol. The number of imidazole rings is 1. The summed E-state index contributed by atoms with van der Waals surface area (Å²) in [5, 5.41) is 4.68. The molecule has 0 saturated carbocycles. The molecule has 8 nitrogen and oxygen atoms in total. The van der Waals surface area contributed by atoms with Crippen LogP contribution in [0.2, 0.25) is 0 Å². The zero-order valence-corrected chi connectivity index (χ0v) is 20.5. The molecule has 192 valence electrons. The summed E-state index contributed by atoms with van der Waals surface area (Å²) < 4.78 is 62.1. The standard InChI is InChI=1S/C26H23F3N4O4/c1-14-24(15(2)37-32-14)17-11-18-16(12-22(17)35-4)25-19(13-30-18)31-23(9-10-34-3)33(25)20-7-5-6-8-21(20)36-26(27,28)29/h5-8,11-13H,9-10H2,1-4H3. The summed E-state index contributed by atoms with van der Waals surface area (Å²) in [5.74, 6) is 1.30. The number of hydrogen-bond acceptors (Lipinski definition) is 7. The van der Waals surface area contributed by atoms with E-state index in [0.29, 0.717) is 58.0 Å². The molecule has 5 rings (SSSR count). The van der Waals surface area contributed by atoms with E-state index in [1.54, 1.807) is 43.2 Å². The van der Waals surface area contributed by atoms with E-state index < -0.39 is 6.36 Å². The fourth-order valence-corrected chi connectivity index (χ4v) is 4.53. The number of aromatic nitrogens is 4. The van der Waals surface area contributed by atoms with Crippen LogP contribution in [0.15, 0.2) is 47.1 Å². The molecule has 0 radical (unpaired) electrons. The minimum absolute atomic E-state index is 0.190. The van der Waals surface area contributed by atoms with Crippen molar-refractivity contribution in [3.8, 4) is 28.3 Å². The molecular weight excluding hydrogens is 489 g/mol. The molecular formula is C26H23F3N4O4. The summed E-state index contributed by atoms with van der Waals surface area (Å²) in [4.78, 5) is 9.29. The zero-order valence-electron chi connectivity index (χ0n) is 20.5. The lowest BCUT2D eigenvalue weighted by atomic mass is 10.0. The van der Waals surface area contributed by atoms with Gasteiger partial charge < -0.3 is 18.7 Å². The first kappa shape index (κ1) is 24.6. The highest BCUT2D eigenvalue weighted by molar-refractivity contribution is 6.05. The summed E-state index contributed by atoms with van der Waals surface area (Å²) in [5.41, 5.74) is 4.09. The first-order valence-electron chi connectivity index (χ1n) is 11.4. The number of benzene rings is 2. The Morgan fingerprint density at radius 3 is 2.49 bits per heavy atom. The Hall–Kier alpha value is -4.12. The molecule has 3 aromatic heterocycles. The Balaban J connectivity index is 1.84. The molecule has 0 amide bonds. The molecule has 11 heteroatoms. The topological polar surface area (TPSA) is 84.4 Å². The predicted octanol–water partition coefficient (Wildman–Crippen LogP) is 5.94. The molecule has 0 unspecified atom stereocenters. The minimum Gasteiger partial charge on any atom is -0.496 e. The first-order chi connectivity index (χ1) is 17.7. The van der Waals surface area contributed by atoms with Crippen LogP contribution in [0.1, 0.15) is 17.3 Å². The molecule has 0 spiro atoms. The van der Waals surface area contributed by atoms with Crippen LogP contribution in [0.25, 0.3) is 38.8 Å². The van der Waals surface area contributed by atoms with Gasteiger partial charge in [0.25, 0.3) is 0 Å². The zero-order chi connectivity index (χ0) is 26.3. The Morgan fingerprint density at radius 2 is 1.81 bits per heavy atom. The van der Waals surface area contributed by atoms with Crippen molar-refractivity contribution in [2.45, 2.75) is 26.6 Å². The van der Waals surface area contributed by atoms with Crippen LogP contribution in [0.4, 0.5) is 13.2 Å². The van der Waals surface area contributed by atoms with Crippen LogP contribution in [-0.2, 0) is 11.2 Å². The van der Waals surface area contributed by atoms with Crippen LogP contribution in [0.5, 0.6) is 11.5 Å². The molecule has 2 aromatic carbocycles. The van der Waals surface area contributed by atoms with E-state index >= 15 is 0 Å². The van der Waals surface area contributed by atoms with Gasteiger partial charge in [0.15, 0.2) is 5.75 Å². The van der Waals surface area contributed by atoms with Gasteiger partial charge in [-0.3, -0.25) is 9.55 Å². The third kappa shape index (κ3) is 4.46. The summed E-state index contributed by atoms with van der Waals surface area (Å²) in [6.07, 6.45) is -2.92. The van der Waals surface area contributed by atoms with E-state index in [2.05, 4.69) is 19.9 Å². The van der Waals surface area contributed by atoms with Gasteiger partial charge in [-0.25, -0.2) is 4.98 Å². The number of fused-ring (bicyclic) bond motifs is 3. The van der Waals surface area contributed by atoms with Gasteiger partial charge in [0.05, 0.1) is 47.9 Å². The van der Waals surface area contributed by atoms with E-state index in [1.165, 1.54) is 12.1 Å². The largest absolute Gasteiger partial charge is 0.573 e. The van der Waals surface area contributed by atoms with Gasteiger partial charge in [-0.1, -0.05) is 17.3 Å². The van der Waals surface area contributed by atoms with Crippen LogP contribution in [0, 0.1) is 13.8 Å². The highest BCUT2D eigenvalue weighted by Gasteiger charge is 2.33. The molecule has 0 aliphatic heterocycles.